The first-order valence-corrected chi connectivity index (χ1v) is 7.44. The fourth-order valence-corrected chi connectivity index (χ4v) is 2.59. The standard InChI is InChI=1S/C16H15ClN4O2/c1-19(10-12-2-5-14(17)6-3-12)11-20-16-8-15(21(22)23)7-4-13(16)9-18-20/h2-9H,10-11H2,1H3. The van der Waals surface area contributed by atoms with Gasteiger partial charge >= 0.3 is 0 Å². The molecule has 0 aliphatic heterocycles. The van der Waals surface area contributed by atoms with E-state index in [1.807, 2.05) is 31.3 Å². The highest BCUT2D eigenvalue weighted by atomic mass is 35.5. The maximum Gasteiger partial charge on any atom is 0.271 e. The van der Waals surface area contributed by atoms with Crippen molar-refractivity contribution in [2.24, 2.45) is 0 Å². The van der Waals surface area contributed by atoms with E-state index in [0.29, 0.717) is 11.7 Å². The van der Waals surface area contributed by atoms with Crippen LogP contribution in [0.3, 0.4) is 0 Å². The van der Waals surface area contributed by atoms with E-state index in [0.717, 1.165) is 23.0 Å². The van der Waals surface area contributed by atoms with Crippen molar-refractivity contribution in [1.29, 1.82) is 0 Å². The van der Waals surface area contributed by atoms with E-state index in [4.69, 9.17) is 11.6 Å². The van der Waals surface area contributed by atoms with Gasteiger partial charge in [0.1, 0.15) is 0 Å². The molecule has 0 saturated carbocycles. The highest BCUT2D eigenvalue weighted by Gasteiger charge is 2.11. The molecule has 0 aliphatic carbocycles. The van der Waals surface area contributed by atoms with Crippen LogP contribution in [0.2, 0.25) is 5.02 Å². The Kier molecular flexibility index (Phi) is 4.27. The first-order chi connectivity index (χ1) is 11.0. The second-order valence-corrected chi connectivity index (χ2v) is 5.86. The minimum absolute atomic E-state index is 0.0691. The number of nitrogens with zero attached hydrogens (tertiary/aromatic N) is 4. The molecule has 0 unspecified atom stereocenters. The summed E-state index contributed by atoms with van der Waals surface area (Å²) in [6, 6.07) is 12.4. The van der Waals surface area contributed by atoms with Gasteiger partial charge in [-0.3, -0.25) is 19.7 Å². The summed E-state index contributed by atoms with van der Waals surface area (Å²) in [4.78, 5) is 12.6. The predicted octanol–water partition coefficient (Wildman–Crippen LogP) is 3.69. The highest BCUT2D eigenvalue weighted by Crippen LogP contribution is 2.21. The van der Waals surface area contributed by atoms with Gasteiger partial charge in [-0.2, -0.15) is 5.10 Å². The molecule has 0 bridgehead atoms. The summed E-state index contributed by atoms with van der Waals surface area (Å²) in [5, 5.41) is 16.8. The minimum atomic E-state index is -0.395. The Balaban J connectivity index is 1.78. The van der Waals surface area contributed by atoms with Crippen molar-refractivity contribution in [2.75, 3.05) is 7.05 Å². The van der Waals surface area contributed by atoms with Crippen LogP contribution in [-0.4, -0.2) is 26.7 Å². The Hall–Kier alpha value is -2.44. The number of rotatable bonds is 5. The monoisotopic (exact) mass is 330 g/mol. The molecule has 0 N–H and O–H groups in total. The molecular weight excluding hydrogens is 316 g/mol. The topological polar surface area (TPSA) is 64.2 Å². The summed E-state index contributed by atoms with van der Waals surface area (Å²) in [6.07, 6.45) is 1.72. The van der Waals surface area contributed by atoms with Crippen molar-refractivity contribution in [3.63, 3.8) is 0 Å². The van der Waals surface area contributed by atoms with Gasteiger partial charge < -0.3 is 0 Å². The molecule has 2 aromatic carbocycles. The molecule has 7 heteroatoms. The maximum absolute atomic E-state index is 10.9. The van der Waals surface area contributed by atoms with Crippen molar-refractivity contribution in [3.8, 4) is 0 Å². The zero-order valence-electron chi connectivity index (χ0n) is 12.5. The molecule has 1 heterocycles. The number of nitro groups is 1. The van der Waals surface area contributed by atoms with Gasteiger partial charge in [-0.05, 0) is 30.8 Å². The Morgan fingerprint density at radius 1 is 1.26 bits per heavy atom. The quantitative estimate of drug-likeness (QED) is 0.528. The van der Waals surface area contributed by atoms with Gasteiger partial charge in [0.25, 0.3) is 5.69 Å². The van der Waals surface area contributed by atoms with Crippen LogP contribution in [0, 0.1) is 10.1 Å². The van der Waals surface area contributed by atoms with Gasteiger partial charge in [-0.15, -0.1) is 0 Å². The van der Waals surface area contributed by atoms with Gasteiger partial charge in [0.05, 0.1) is 23.3 Å². The molecule has 3 aromatic rings. The van der Waals surface area contributed by atoms with Crippen LogP contribution in [0.5, 0.6) is 0 Å². The van der Waals surface area contributed by atoms with Gasteiger partial charge in [-0.25, -0.2) is 0 Å². The molecule has 1 aromatic heterocycles. The predicted molar refractivity (Wildman–Crippen MR) is 89.3 cm³/mol. The molecular formula is C16H15ClN4O2. The average molecular weight is 331 g/mol. The van der Waals surface area contributed by atoms with Crippen LogP contribution in [0.15, 0.2) is 48.7 Å². The summed E-state index contributed by atoms with van der Waals surface area (Å²) in [5.41, 5.74) is 1.96. The first-order valence-electron chi connectivity index (χ1n) is 7.06. The molecule has 0 aliphatic rings. The molecule has 0 saturated heterocycles. The summed E-state index contributed by atoms with van der Waals surface area (Å²) in [7, 11) is 1.97. The molecule has 6 nitrogen and oxygen atoms in total. The lowest BCUT2D eigenvalue weighted by molar-refractivity contribution is -0.384. The summed E-state index contributed by atoms with van der Waals surface area (Å²) in [6.45, 7) is 1.26. The maximum atomic E-state index is 10.9. The fraction of sp³-hybridized carbons (Fsp3) is 0.188. The van der Waals surface area contributed by atoms with E-state index in [1.165, 1.54) is 6.07 Å². The van der Waals surface area contributed by atoms with E-state index in [2.05, 4.69) is 10.00 Å². The van der Waals surface area contributed by atoms with Crippen LogP contribution in [0.25, 0.3) is 10.9 Å². The van der Waals surface area contributed by atoms with Crippen molar-refractivity contribution in [3.05, 3.63) is 69.4 Å². The van der Waals surface area contributed by atoms with E-state index < -0.39 is 4.92 Å². The highest BCUT2D eigenvalue weighted by molar-refractivity contribution is 6.30. The van der Waals surface area contributed by atoms with Crippen LogP contribution < -0.4 is 0 Å². The Labute approximate surface area is 138 Å². The number of halogens is 1. The van der Waals surface area contributed by atoms with Crippen LogP contribution >= 0.6 is 11.6 Å². The van der Waals surface area contributed by atoms with Crippen LogP contribution in [0.1, 0.15) is 5.56 Å². The van der Waals surface area contributed by atoms with Crippen molar-refractivity contribution >= 4 is 28.2 Å². The minimum Gasteiger partial charge on any atom is -0.283 e. The smallest absolute Gasteiger partial charge is 0.271 e. The van der Waals surface area contributed by atoms with Gasteiger partial charge in [0.2, 0.25) is 0 Å². The van der Waals surface area contributed by atoms with Gasteiger partial charge in [0, 0.05) is 29.1 Å². The molecule has 0 fully saturated rings. The third-order valence-electron chi connectivity index (χ3n) is 3.58. The zero-order valence-corrected chi connectivity index (χ0v) is 13.3. The van der Waals surface area contributed by atoms with Gasteiger partial charge in [0.15, 0.2) is 0 Å². The van der Waals surface area contributed by atoms with Gasteiger partial charge in [-0.1, -0.05) is 23.7 Å². The van der Waals surface area contributed by atoms with E-state index in [-0.39, 0.29) is 5.69 Å². The Bertz CT molecular complexity index is 845. The largest absolute Gasteiger partial charge is 0.283 e. The van der Waals surface area contributed by atoms with Crippen molar-refractivity contribution in [1.82, 2.24) is 14.7 Å². The lowest BCUT2D eigenvalue weighted by Gasteiger charge is -2.17. The third kappa shape index (κ3) is 3.49. The lowest BCUT2D eigenvalue weighted by atomic mass is 10.2. The number of benzene rings is 2. The average Bonchev–Trinajstić information content (AvgIpc) is 2.92. The molecule has 23 heavy (non-hydrogen) atoms. The number of nitro benzene ring substituents is 1. The molecule has 3 rings (SSSR count). The van der Waals surface area contributed by atoms with Crippen LogP contribution in [-0.2, 0) is 13.2 Å². The molecule has 0 amide bonds. The molecule has 0 atom stereocenters. The zero-order chi connectivity index (χ0) is 16.4. The van der Waals surface area contributed by atoms with Crippen LogP contribution in [0.4, 0.5) is 5.69 Å². The second-order valence-electron chi connectivity index (χ2n) is 5.43. The normalized spacial score (nSPS) is 11.3. The molecule has 118 valence electrons. The fourth-order valence-electron chi connectivity index (χ4n) is 2.47. The summed E-state index contributed by atoms with van der Waals surface area (Å²) >= 11 is 5.89. The van der Waals surface area contributed by atoms with E-state index in [1.54, 1.807) is 23.0 Å². The SMILES string of the molecule is CN(Cc1ccc(Cl)cc1)Cn1ncc2ccc([N+](=O)[O-])cc21. The third-order valence-corrected chi connectivity index (χ3v) is 3.83. The Morgan fingerprint density at radius 3 is 2.70 bits per heavy atom. The lowest BCUT2D eigenvalue weighted by Crippen LogP contribution is -2.22. The first kappa shape index (κ1) is 15.5. The number of hydrogen-bond donors (Lipinski definition) is 0. The number of hydrogen-bond acceptors (Lipinski definition) is 4. The Morgan fingerprint density at radius 2 is 2.00 bits per heavy atom. The number of fused-ring (bicyclic) bond motifs is 1. The van der Waals surface area contributed by atoms with Crippen molar-refractivity contribution in [2.45, 2.75) is 13.2 Å². The second kappa shape index (κ2) is 6.36. The molecule has 0 spiro atoms. The molecule has 0 radical (unpaired) electrons. The summed E-state index contributed by atoms with van der Waals surface area (Å²) in [5.74, 6) is 0. The number of non-ortho nitro benzene ring substituents is 1. The van der Waals surface area contributed by atoms with Crippen molar-refractivity contribution < 1.29 is 4.92 Å². The summed E-state index contributed by atoms with van der Waals surface area (Å²) < 4.78 is 1.76. The van der Waals surface area contributed by atoms with E-state index >= 15 is 0 Å². The van der Waals surface area contributed by atoms with E-state index in [9.17, 15) is 10.1 Å². The number of aromatic nitrogens is 2.